The summed E-state index contributed by atoms with van der Waals surface area (Å²) in [7, 11) is 0. The summed E-state index contributed by atoms with van der Waals surface area (Å²) >= 11 is 2.04. The second-order valence-corrected chi connectivity index (χ2v) is 7.05. The molecule has 0 atom stereocenters. The molecule has 8 nitrogen and oxygen atoms in total. The van der Waals surface area contributed by atoms with E-state index < -0.39 is 0 Å². The number of halogens is 1. The van der Waals surface area contributed by atoms with E-state index in [9.17, 15) is 0 Å². The Balaban J connectivity index is 0.000000182. The molecule has 0 saturated heterocycles. The standard InChI is InChI=1S/C13H11N3O.C10H8IN3O/c1-2-6-11-12(14)13(16-9-15-11)17-10-7-4-3-5-8-10;11-9-8(12)10(14-6-13-9)15-7-4-2-1-3-5-7/h3-5,7-9H,14H2,1H3;1-6H,12H2. The van der Waals surface area contributed by atoms with Crippen LogP contribution in [0.15, 0.2) is 73.3 Å². The SMILES string of the molecule is CC#Cc1ncnc(Oc2ccccc2)c1N.Nc1c(I)ncnc1Oc1ccccc1. The summed E-state index contributed by atoms with van der Waals surface area (Å²) in [5.41, 5.74) is 12.9. The Morgan fingerprint density at radius 3 is 1.75 bits per heavy atom. The van der Waals surface area contributed by atoms with Crippen molar-refractivity contribution in [3.63, 3.8) is 0 Å². The number of rotatable bonds is 4. The molecule has 2 aromatic heterocycles. The summed E-state index contributed by atoms with van der Waals surface area (Å²) in [5, 5.41) is 0. The molecule has 4 rings (SSSR count). The van der Waals surface area contributed by atoms with E-state index in [1.807, 2.05) is 83.3 Å². The van der Waals surface area contributed by atoms with E-state index in [1.54, 1.807) is 6.92 Å². The summed E-state index contributed by atoms with van der Waals surface area (Å²) in [6.45, 7) is 1.72. The normalized spacial score (nSPS) is 9.56. The van der Waals surface area contributed by atoms with Crippen molar-refractivity contribution in [3.8, 4) is 35.1 Å². The van der Waals surface area contributed by atoms with Gasteiger partial charge in [-0.2, -0.15) is 9.97 Å². The van der Waals surface area contributed by atoms with Crippen LogP contribution < -0.4 is 20.9 Å². The molecule has 0 aliphatic rings. The van der Waals surface area contributed by atoms with E-state index >= 15 is 0 Å². The molecule has 32 heavy (non-hydrogen) atoms. The molecule has 2 heterocycles. The average molecular weight is 538 g/mol. The van der Waals surface area contributed by atoms with Gasteiger partial charge in [0, 0.05) is 0 Å². The fourth-order valence-corrected chi connectivity index (χ4v) is 2.68. The van der Waals surface area contributed by atoms with Crippen LogP contribution in [0.3, 0.4) is 0 Å². The highest BCUT2D eigenvalue weighted by molar-refractivity contribution is 14.1. The highest BCUT2D eigenvalue weighted by Gasteiger charge is 2.08. The lowest BCUT2D eigenvalue weighted by molar-refractivity contribution is 0.463. The molecular formula is C23H19IN6O2. The van der Waals surface area contributed by atoms with E-state index in [0.29, 0.717) is 44.0 Å². The monoisotopic (exact) mass is 538 g/mol. The molecule has 2 aromatic carbocycles. The quantitative estimate of drug-likeness (QED) is 0.218. The van der Waals surface area contributed by atoms with Crippen LogP contribution >= 0.6 is 22.6 Å². The van der Waals surface area contributed by atoms with Crippen LogP contribution in [0.4, 0.5) is 11.4 Å². The molecule has 0 fully saturated rings. The van der Waals surface area contributed by atoms with Gasteiger partial charge in [0.1, 0.15) is 44.9 Å². The maximum Gasteiger partial charge on any atom is 0.247 e. The molecule has 0 radical (unpaired) electrons. The zero-order valence-electron chi connectivity index (χ0n) is 17.1. The van der Waals surface area contributed by atoms with Crippen molar-refractivity contribution in [2.75, 3.05) is 11.5 Å². The summed E-state index contributed by atoms with van der Waals surface area (Å²) in [6, 6.07) is 18.7. The Morgan fingerprint density at radius 2 is 1.22 bits per heavy atom. The van der Waals surface area contributed by atoms with Crippen molar-refractivity contribution in [1.29, 1.82) is 0 Å². The minimum atomic E-state index is 0.323. The van der Waals surface area contributed by atoms with Crippen LogP contribution in [-0.2, 0) is 0 Å². The van der Waals surface area contributed by atoms with Gasteiger partial charge in [-0.05, 0) is 59.7 Å². The summed E-state index contributed by atoms with van der Waals surface area (Å²) in [6.07, 6.45) is 2.81. The molecule has 0 aliphatic carbocycles. The highest BCUT2D eigenvalue weighted by atomic mass is 127. The van der Waals surface area contributed by atoms with E-state index in [4.69, 9.17) is 20.9 Å². The van der Waals surface area contributed by atoms with Gasteiger partial charge in [0.15, 0.2) is 0 Å². The third-order valence-corrected chi connectivity index (χ3v) is 4.66. The predicted molar refractivity (Wildman–Crippen MR) is 131 cm³/mol. The van der Waals surface area contributed by atoms with E-state index in [1.165, 1.54) is 12.7 Å². The van der Waals surface area contributed by atoms with Crippen molar-refractivity contribution >= 4 is 34.0 Å². The van der Waals surface area contributed by atoms with E-state index in [-0.39, 0.29) is 0 Å². The van der Waals surface area contributed by atoms with Crippen LogP contribution in [0.5, 0.6) is 23.3 Å². The van der Waals surface area contributed by atoms with Crippen molar-refractivity contribution < 1.29 is 9.47 Å². The number of hydrogen-bond acceptors (Lipinski definition) is 8. The van der Waals surface area contributed by atoms with Crippen LogP contribution in [0.1, 0.15) is 12.6 Å². The average Bonchev–Trinajstić information content (AvgIpc) is 2.82. The first-order valence-corrected chi connectivity index (χ1v) is 10.4. The zero-order chi connectivity index (χ0) is 22.8. The maximum absolute atomic E-state index is 5.86. The third-order valence-electron chi connectivity index (χ3n) is 3.80. The summed E-state index contributed by atoms with van der Waals surface area (Å²) < 4.78 is 11.7. The minimum absolute atomic E-state index is 0.323. The fraction of sp³-hybridized carbons (Fsp3) is 0.0435. The van der Waals surface area contributed by atoms with E-state index in [2.05, 4.69) is 31.8 Å². The number of para-hydroxylation sites is 2. The number of benzene rings is 2. The Kier molecular flexibility index (Phi) is 8.16. The number of anilines is 2. The van der Waals surface area contributed by atoms with Gasteiger partial charge >= 0.3 is 0 Å². The number of aromatic nitrogens is 4. The highest BCUT2D eigenvalue weighted by Crippen LogP contribution is 2.27. The number of ether oxygens (including phenoxy) is 2. The maximum atomic E-state index is 5.86. The Labute approximate surface area is 199 Å². The molecule has 0 spiro atoms. The molecule has 0 unspecified atom stereocenters. The number of hydrogen-bond donors (Lipinski definition) is 2. The lowest BCUT2D eigenvalue weighted by Gasteiger charge is -2.07. The Hall–Kier alpha value is -3.91. The lowest BCUT2D eigenvalue weighted by Crippen LogP contribution is -2.00. The molecule has 160 valence electrons. The molecule has 0 bridgehead atoms. The molecule has 0 saturated carbocycles. The number of nitrogen functional groups attached to an aromatic ring is 2. The second kappa shape index (κ2) is 11.5. The van der Waals surface area contributed by atoms with Gasteiger partial charge in [-0.1, -0.05) is 42.3 Å². The van der Waals surface area contributed by atoms with Gasteiger partial charge in [0.2, 0.25) is 11.8 Å². The van der Waals surface area contributed by atoms with Crippen molar-refractivity contribution in [1.82, 2.24) is 19.9 Å². The van der Waals surface area contributed by atoms with Crippen molar-refractivity contribution in [2.24, 2.45) is 0 Å². The number of nitrogens with two attached hydrogens (primary N) is 2. The number of nitrogens with zero attached hydrogens (tertiary/aromatic N) is 4. The van der Waals surface area contributed by atoms with Crippen molar-refractivity contribution in [3.05, 3.63) is 82.7 Å². The van der Waals surface area contributed by atoms with Gasteiger partial charge < -0.3 is 20.9 Å². The van der Waals surface area contributed by atoms with E-state index in [0.717, 1.165) is 0 Å². The molecule has 9 heteroatoms. The van der Waals surface area contributed by atoms with Crippen LogP contribution in [0.2, 0.25) is 0 Å². The Bertz CT molecular complexity index is 1230. The van der Waals surface area contributed by atoms with Gasteiger partial charge in [-0.3, -0.25) is 0 Å². The fourth-order valence-electron chi connectivity index (χ4n) is 2.32. The van der Waals surface area contributed by atoms with Crippen LogP contribution in [0.25, 0.3) is 0 Å². The van der Waals surface area contributed by atoms with Gasteiger partial charge in [-0.15, -0.1) is 0 Å². The van der Waals surface area contributed by atoms with Crippen LogP contribution in [0, 0.1) is 15.5 Å². The summed E-state index contributed by atoms with van der Waals surface area (Å²) in [5.74, 6) is 7.63. The Morgan fingerprint density at radius 1 is 0.719 bits per heavy atom. The van der Waals surface area contributed by atoms with Gasteiger partial charge in [0.25, 0.3) is 0 Å². The largest absolute Gasteiger partial charge is 0.437 e. The second-order valence-electron chi connectivity index (χ2n) is 6.03. The topological polar surface area (TPSA) is 122 Å². The molecule has 4 N–H and O–H groups in total. The molecular weight excluding hydrogens is 519 g/mol. The summed E-state index contributed by atoms with van der Waals surface area (Å²) in [4.78, 5) is 15.9. The molecule has 0 amide bonds. The van der Waals surface area contributed by atoms with Crippen LogP contribution in [-0.4, -0.2) is 19.9 Å². The zero-order valence-corrected chi connectivity index (χ0v) is 19.2. The van der Waals surface area contributed by atoms with Crippen molar-refractivity contribution in [2.45, 2.75) is 6.92 Å². The first-order chi connectivity index (χ1) is 15.6. The minimum Gasteiger partial charge on any atom is -0.437 e. The first-order valence-electron chi connectivity index (χ1n) is 9.33. The smallest absolute Gasteiger partial charge is 0.247 e. The molecule has 0 aliphatic heterocycles. The predicted octanol–water partition coefficient (Wildman–Crippen LogP) is 4.68. The molecule has 4 aromatic rings. The first kappa shape index (κ1) is 22.8. The van der Waals surface area contributed by atoms with Gasteiger partial charge in [-0.25, -0.2) is 9.97 Å². The lowest BCUT2D eigenvalue weighted by atomic mass is 10.3. The van der Waals surface area contributed by atoms with Gasteiger partial charge in [0.05, 0.1) is 0 Å². The third kappa shape index (κ3) is 6.29.